The Hall–Kier alpha value is -4.47. The van der Waals surface area contributed by atoms with Crippen molar-refractivity contribution in [2.24, 2.45) is 0 Å². The molecule has 0 saturated carbocycles. The normalized spacial score (nSPS) is 16.7. The molecule has 0 unspecified atom stereocenters. The van der Waals surface area contributed by atoms with Crippen molar-refractivity contribution in [3.63, 3.8) is 0 Å². The number of anilines is 1. The number of amides is 1. The Labute approximate surface area is 302 Å². The van der Waals surface area contributed by atoms with Crippen molar-refractivity contribution < 1.29 is 28.9 Å². The van der Waals surface area contributed by atoms with Gasteiger partial charge in [-0.1, -0.05) is 24.3 Å². The van der Waals surface area contributed by atoms with Gasteiger partial charge in [-0.15, -0.1) is 0 Å². The van der Waals surface area contributed by atoms with E-state index < -0.39 is 6.10 Å². The molecule has 13 nitrogen and oxygen atoms in total. The fraction of sp³-hybridized carbons (Fsp3) is 0.474. The number of morpholine rings is 1. The number of nitrogens with one attached hydrogen (secondary N) is 2. The van der Waals surface area contributed by atoms with E-state index in [0.29, 0.717) is 61.3 Å². The Balaban J connectivity index is 0.869. The number of likely N-dealkylation sites (N-methyl/N-ethyl adjacent to an activating group) is 1. The number of nitrogens with zero attached hydrogens (tertiary/aromatic N) is 5. The first-order valence-corrected chi connectivity index (χ1v) is 17.9. The molecule has 0 radical (unpaired) electrons. The number of aromatic nitrogens is 3. The summed E-state index contributed by atoms with van der Waals surface area (Å²) in [6, 6.07) is 13.3. The highest BCUT2D eigenvalue weighted by atomic mass is 19.1. The molecule has 2 aliphatic heterocycles. The number of aromatic amines is 1. The van der Waals surface area contributed by atoms with E-state index in [1.165, 1.54) is 12.1 Å². The van der Waals surface area contributed by atoms with E-state index in [1.807, 2.05) is 18.2 Å². The lowest BCUT2D eigenvalue weighted by molar-refractivity contribution is -0.131. The highest BCUT2D eigenvalue weighted by Crippen LogP contribution is 2.32. The number of likely N-dealkylation sites (tertiary alicyclic amines) is 1. The molecule has 0 aliphatic carbocycles. The lowest BCUT2D eigenvalue weighted by Gasteiger charge is -2.47. The van der Waals surface area contributed by atoms with Crippen molar-refractivity contribution in [1.82, 2.24) is 30.1 Å². The van der Waals surface area contributed by atoms with Crippen molar-refractivity contribution >= 4 is 22.8 Å². The molecule has 278 valence electrons. The molecule has 1 amide bonds. The van der Waals surface area contributed by atoms with E-state index in [-0.39, 0.29) is 53.7 Å². The van der Waals surface area contributed by atoms with E-state index in [2.05, 4.69) is 30.1 Å². The van der Waals surface area contributed by atoms with Crippen molar-refractivity contribution in [3.8, 4) is 5.75 Å². The van der Waals surface area contributed by atoms with Gasteiger partial charge in [-0.25, -0.2) is 14.4 Å². The molecule has 0 bridgehead atoms. The number of phenolic OH excluding ortho intramolecular Hbond substituents is 1. The zero-order valence-corrected chi connectivity index (χ0v) is 29.6. The number of fused-ring (bicyclic) bond motifs is 1. The fourth-order valence-corrected chi connectivity index (χ4v) is 6.98. The summed E-state index contributed by atoms with van der Waals surface area (Å²) < 4.78 is 27.5. The summed E-state index contributed by atoms with van der Waals surface area (Å²) in [6.07, 6.45) is 4.98. The highest BCUT2D eigenvalue weighted by Gasteiger charge is 2.40. The third-order valence-electron chi connectivity index (χ3n) is 10.0. The molecule has 2 fully saturated rings. The van der Waals surface area contributed by atoms with Crippen LogP contribution in [0.15, 0.2) is 65.7 Å². The van der Waals surface area contributed by atoms with Crippen LogP contribution in [0, 0.1) is 5.82 Å². The number of hydrogen-bond acceptors (Lipinski definition) is 11. The summed E-state index contributed by atoms with van der Waals surface area (Å²) in [4.78, 5) is 41.8. The maximum Gasteiger partial charge on any atom is 0.248 e. The molecule has 1 spiro atoms. The van der Waals surface area contributed by atoms with E-state index in [1.54, 1.807) is 42.5 Å². The Morgan fingerprint density at radius 1 is 1.10 bits per heavy atom. The van der Waals surface area contributed by atoms with Crippen LogP contribution in [-0.2, 0) is 27.2 Å². The van der Waals surface area contributed by atoms with Gasteiger partial charge in [0.15, 0.2) is 0 Å². The van der Waals surface area contributed by atoms with Gasteiger partial charge in [0.1, 0.15) is 11.6 Å². The lowest BCUT2D eigenvalue weighted by atomic mass is 9.89. The number of phenols is 1. The molecule has 2 aromatic carbocycles. The van der Waals surface area contributed by atoms with Crippen LogP contribution in [0.1, 0.15) is 42.1 Å². The van der Waals surface area contributed by atoms with Crippen molar-refractivity contribution in [1.29, 1.82) is 0 Å². The number of halogens is 1. The van der Waals surface area contributed by atoms with Gasteiger partial charge in [0.05, 0.1) is 50.0 Å². The van der Waals surface area contributed by atoms with Gasteiger partial charge in [0.2, 0.25) is 17.4 Å². The van der Waals surface area contributed by atoms with E-state index in [0.717, 1.165) is 45.0 Å². The number of ether oxygens (including phenoxy) is 2. The third-order valence-corrected chi connectivity index (χ3v) is 10.0. The largest absolute Gasteiger partial charge is 0.506 e. The van der Waals surface area contributed by atoms with Gasteiger partial charge >= 0.3 is 0 Å². The number of rotatable bonds is 15. The van der Waals surface area contributed by atoms with Gasteiger partial charge in [-0.3, -0.25) is 14.5 Å². The minimum absolute atomic E-state index is 0.0667. The standard InChI is InChI=1S/C38H48FN7O6/c1-44(19-16-40-24-32(48)29-6-8-31(47)36-30(29)7-9-33(49)43-36)34(50)11-22-51-21-10-27-4-2-5-28(35(27)39)25-45-17-12-38(13-18-45)26-46(20-23-52-38)37-41-14-3-15-42-37/h2-9,14-15,32,40,47-48H,10-13,16-26H2,1H3,(H,43,49)/t32-/m0/s1. The molecule has 1 atom stereocenters. The van der Waals surface area contributed by atoms with Crippen LogP contribution in [0.3, 0.4) is 0 Å². The van der Waals surface area contributed by atoms with Gasteiger partial charge in [0, 0.05) is 82.3 Å². The SMILES string of the molecule is CN(CCNC[C@H](O)c1ccc(O)c2[nH]c(=O)ccc12)C(=O)CCOCCc1cccc(CN2CCC3(CC2)CN(c2ncccn2)CCO3)c1F. The fourth-order valence-electron chi connectivity index (χ4n) is 6.98. The average molecular weight is 718 g/mol. The van der Waals surface area contributed by atoms with Gasteiger partial charge in [-0.05, 0) is 48.6 Å². The molecule has 2 saturated heterocycles. The Bertz CT molecular complexity index is 1850. The molecule has 4 N–H and O–H groups in total. The number of piperidine rings is 1. The topological polar surface area (TPSA) is 156 Å². The second-order valence-electron chi connectivity index (χ2n) is 13.6. The van der Waals surface area contributed by atoms with E-state index in [4.69, 9.17) is 9.47 Å². The van der Waals surface area contributed by atoms with E-state index in [9.17, 15) is 19.8 Å². The first-order chi connectivity index (χ1) is 25.2. The Morgan fingerprint density at radius 2 is 1.88 bits per heavy atom. The van der Waals surface area contributed by atoms with Crippen LogP contribution in [0.5, 0.6) is 5.75 Å². The molecule has 2 aliphatic rings. The number of carbonyl (C=O) groups is 1. The Kier molecular flexibility index (Phi) is 12.5. The number of aliphatic hydroxyl groups is 1. The minimum Gasteiger partial charge on any atom is -0.506 e. The van der Waals surface area contributed by atoms with Crippen LogP contribution in [0.25, 0.3) is 10.9 Å². The second kappa shape index (κ2) is 17.4. The number of pyridine rings is 1. The zero-order chi connectivity index (χ0) is 36.5. The molecule has 52 heavy (non-hydrogen) atoms. The van der Waals surface area contributed by atoms with Gasteiger partial charge < -0.3 is 39.8 Å². The number of benzene rings is 2. The van der Waals surface area contributed by atoms with Crippen LogP contribution in [0.2, 0.25) is 0 Å². The summed E-state index contributed by atoms with van der Waals surface area (Å²) in [5.74, 6) is 0.390. The predicted octanol–water partition coefficient (Wildman–Crippen LogP) is 2.77. The first kappa shape index (κ1) is 37.3. The number of H-pyrrole nitrogens is 1. The van der Waals surface area contributed by atoms with E-state index >= 15 is 4.39 Å². The quantitative estimate of drug-likeness (QED) is 0.134. The maximum absolute atomic E-state index is 15.5. The molecule has 6 rings (SSSR count). The molecule has 14 heteroatoms. The average Bonchev–Trinajstić information content (AvgIpc) is 3.16. The van der Waals surface area contributed by atoms with Crippen LogP contribution < -0.4 is 15.8 Å². The molecule has 4 aromatic rings. The number of aliphatic hydroxyl groups excluding tert-OH is 1. The predicted molar refractivity (Wildman–Crippen MR) is 195 cm³/mol. The summed E-state index contributed by atoms with van der Waals surface area (Å²) in [6.45, 7) is 5.98. The smallest absolute Gasteiger partial charge is 0.248 e. The third kappa shape index (κ3) is 9.30. The summed E-state index contributed by atoms with van der Waals surface area (Å²) in [5.41, 5.74) is 1.54. The summed E-state index contributed by atoms with van der Waals surface area (Å²) in [5, 5.41) is 24.5. The lowest BCUT2D eigenvalue weighted by Crippen LogP contribution is -2.57. The van der Waals surface area contributed by atoms with Gasteiger partial charge in [0.25, 0.3) is 0 Å². The second-order valence-corrected chi connectivity index (χ2v) is 13.6. The number of aromatic hydroxyl groups is 1. The zero-order valence-electron chi connectivity index (χ0n) is 29.6. The first-order valence-electron chi connectivity index (χ1n) is 17.9. The summed E-state index contributed by atoms with van der Waals surface area (Å²) in [7, 11) is 1.71. The number of carbonyl (C=O) groups excluding carboxylic acids is 1. The maximum atomic E-state index is 15.5. The van der Waals surface area contributed by atoms with Crippen molar-refractivity contribution in [2.45, 2.75) is 43.9 Å². The minimum atomic E-state index is -0.883. The van der Waals surface area contributed by atoms with Crippen LogP contribution >= 0.6 is 0 Å². The Morgan fingerprint density at radius 3 is 2.69 bits per heavy atom. The molecule has 4 heterocycles. The van der Waals surface area contributed by atoms with Crippen LogP contribution in [-0.4, -0.2) is 119 Å². The van der Waals surface area contributed by atoms with Crippen molar-refractivity contribution in [2.75, 3.05) is 77.6 Å². The van der Waals surface area contributed by atoms with Crippen molar-refractivity contribution in [3.05, 3.63) is 93.8 Å². The number of hydrogen-bond donors (Lipinski definition) is 4. The molecular formula is C38H48FN7O6. The monoisotopic (exact) mass is 717 g/mol. The van der Waals surface area contributed by atoms with Gasteiger partial charge in [-0.2, -0.15) is 0 Å². The molecular weight excluding hydrogens is 669 g/mol. The van der Waals surface area contributed by atoms with Crippen LogP contribution in [0.4, 0.5) is 10.3 Å². The molecule has 2 aromatic heterocycles. The summed E-state index contributed by atoms with van der Waals surface area (Å²) >= 11 is 0. The highest BCUT2D eigenvalue weighted by molar-refractivity contribution is 5.87.